The summed E-state index contributed by atoms with van der Waals surface area (Å²) in [7, 11) is 0. The lowest BCUT2D eigenvalue weighted by Crippen LogP contribution is -2.21. The number of fused-ring (bicyclic) bond motifs is 2. The first kappa shape index (κ1) is 19.5. The van der Waals surface area contributed by atoms with E-state index in [9.17, 15) is 14.7 Å². The normalized spacial score (nSPS) is 12.2. The van der Waals surface area contributed by atoms with Crippen LogP contribution in [0.4, 0.5) is 5.69 Å². The fraction of sp³-hybridized carbons (Fsp3) is 0.120. The van der Waals surface area contributed by atoms with Gasteiger partial charge in [0.25, 0.3) is 0 Å². The van der Waals surface area contributed by atoms with Gasteiger partial charge < -0.3 is 15.6 Å². The summed E-state index contributed by atoms with van der Waals surface area (Å²) in [5.74, 6) is -0.310. The van der Waals surface area contributed by atoms with Gasteiger partial charge in [0.15, 0.2) is 5.78 Å². The number of ether oxygens (including phenoxy) is 1. The third kappa shape index (κ3) is 3.24. The van der Waals surface area contributed by atoms with Gasteiger partial charge in [-0.25, -0.2) is 4.79 Å². The lowest BCUT2D eigenvalue weighted by Gasteiger charge is -2.22. The summed E-state index contributed by atoms with van der Waals surface area (Å²) in [6, 6.07) is 15.6. The van der Waals surface area contributed by atoms with Gasteiger partial charge in [0.2, 0.25) is 0 Å². The Morgan fingerprint density at radius 3 is 2.40 bits per heavy atom. The fourth-order valence-corrected chi connectivity index (χ4v) is 3.67. The molecule has 0 unspecified atom stereocenters. The van der Waals surface area contributed by atoms with E-state index in [1.54, 1.807) is 44.2 Å². The first-order valence-corrected chi connectivity index (χ1v) is 9.59. The summed E-state index contributed by atoms with van der Waals surface area (Å²) in [6.45, 7) is 7.53. The molecule has 0 fully saturated rings. The van der Waals surface area contributed by atoms with Gasteiger partial charge in [0.05, 0.1) is 5.56 Å². The highest BCUT2D eigenvalue weighted by Crippen LogP contribution is 2.38. The summed E-state index contributed by atoms with van der Waals surface area (Å²) in [4.78, 5) is 24.6. The number of rotatable bonds is 4. The van der Waals surface area contributed by atoms with Crippen molar-refractivity contribution in [3.05, 3.63) is 87.3 Å². The van der Waals surface area contributed by atoms with Crippen LogP contribution in [0.3, 0.4) is 0 Å². The average molecular weight is 399 g/mol. The Balaban J connectivity index is 2.07. The lowest BCUT2D eigenvalue weighted by molar-refractivity contribution is 0.0696. The van der Waals surface area contributed by atoms with E-state index in [1.165, 1.54) is 6.07 Å². The molecule has 3 aromatic rings. The Labute approximate surface area is 173 Å². The molecule has 0 aliphatic carbocycles. The maximum atomic E-state index is 12.4. The van der Waals surface area contributed by atoms with Gasteiger partial charge in [-0.2, -0.15) is 0 Å². The highest BCUT2D eigenvalue weighted by Gasteiger charge is 2.25. The van der Waals surface area contributed by atoms with Crippen LogP contribution in [0.2, 0.25) is 0 Å². The van der Waals surface area contributed by atoms with E-state index in [4.69, 9.17) is 10.5 Å². The number of benzene rings is 3. The number of carboxylic acids is 1. The maximum absolute atomic E-state index is 12.4. The van der Waals surface area contributed by atoms with Crippen molar-refractivity contribution in [2.45, 2.75) is 13.8 Å². The van der Waals surface area contributed by atoms with Crippen LogP contribution in [0.5, 0.6) is 11.5 Å². The minimum Gasteiger partial charge on any atom is -0.478 e. The highest BCUT2D eigenvalue weighted by molar-refractivity contribution is 6.03. The molecule has 5 nitrogen and oxygen atoms in total. The second-order valence-corrected chi connectivity index (χ2v) is 7.65. The van der Waals surface area contributed by atoms with Gasteiger partial charge in [0.1, 0.15) is 11.5 Å². The van der Waals surface area contributed by atoms with Crippen molar-refractivity contribution in [3.8, 4) is 11.5 Å². The molecule has 0 spiro atoms. The second-order valence-electron chi connectivity index (χ2n) is 7.65. The van der Waals surface area contributed by atoms with Crippen LogP contribution < -0.4 is 20.9 Å². The zero-order chi connectivity index (χ0) is 21.6. The number of carbonyl (C=O) groups is 2. The summed E-state index contributed by atoms with van der Waals surface area (Å²) < 4.78 is 6.04. The van der Waals surface area contributed by atoms with E-state index < -0.39 is 5.97 Å². The molecule has 3 N–H and O–H groups in total. The molecule has 30 heavy (non-hydrogen) atoms. The predicted octanol–water partition coefficient (Wildman–Crippen LogP) is 3.57. The Hall–Kier alpha value is -3.86. The second kappa shape index (κ2) is 7.19. The minimum absolute atomic E-state index is 0.0609. The zero-order valence-corrected chi connectivity index (χ0v) is 16.7. The van der Waals surface area contributed by atoms with Crippen LogP contribution >= 0.6 is 0 Å². The third-order valence-electron chi connectivity index (χ3n) is 5.14. The zero-order valence-electron chi connectivity index (χ0n) is 16.7. The van der Waals surface area contributed by atoms with Crippen LogP contribution in [-0.2, 0) is 0 Å². The molecule has 0 atom stereocenters. The Morgan fingerprint density at radius 2 is 1.70 bits per heavy atom. The van der Waals surface area contributed by atoms with Crippen molar-refractivity contribution in [2.75, 3.05) is 5.73 Å². The van der Waals surface area contributed by atoms with Crippen molar-refractivity contribution in [1.82, 2.24) is 0 Å². The fourth-order valence-electron chi connectivity index (χ4n) is 3.67. The van der Waals surface area contributed by atoms with E-state index >= 15 is 0 Å². The summed E-state index contributed by atoms with van der Waals surface area (Å²) in [5.41, 5.74) is 8.88. The van der Waals surface area contributed by atoms with Gasteiger partial charge in [0, 0.05) is 39.6 Å². The first-order chi connectivity index (χ1) is 14.3. The van der Waals surface area contributed by atoms with Crippen LogP contribution in [0.15, 0.2) is 54.6 Å². The van der Waals surface area contributed by atoms with Gasteiger partial charge in [-0.1, -0.05) is 44.7 Å². The quantitative estimate of drug-likeness (QED) is 0.404. The standard InChI is InChI=1S/C25H21NO4/c1-13(2)24(27)15-5-8-17(20(11-15)25(28)29)23-18-7-4-14(3)10-21(18)30-22-12-16(26)6-9-19(22)23/h4-13H,3,26H2,1-2H3,(H,28,29). The number of carboxylic acid groups (broad SMARTS) is 1. The summed E-state index contributed by atoms with van der Waals surface area (Å²) >= 11 is 0. The highest BCUT2D eigenvalue weighted by atomic mass is 16.5. The van der Waals surface area contributed by atoms with Crippen LogP contribution in [0.25, 0.3) is 12.2 Å². The van der Waals surface area contributed by atoms with E-state index in [2.05, 4.69) is 6.58 Å². The van der Waals surface area contributed by atoms with Gasteiger partial charge in [-0.3, -0.25) is 4.79 Å². The number of hydrogen-bond donors (Lipinski definition) is 2. The first-order valence-electron chi connectivity index (χ1n) is 9.59. The number of carbonyl (C=O) groups excluding carboxylic acids is 1. The molecule has 150 valence electrons. The molecule has 0 aromatic heterocycles. The van der Waals surface area contributed by atoms with Gasteiger partial charge in [-0.15, -0.1) is 0 Å². The molecule has 3 aromatic carbocycles. The van der Waals surface area contributed by atoms with Crippen LogP contribution in [0.1, 0.15) is 45.7 Å². The predicted molar refractivity (Wildman–Crippen MR) is 116 cm³/mol. The molecule has 5 heteroatoms. The minimum atomic E-state index is -1.10. The molecule has 0 amide bonds. The number of ketones is 1. The molecule has 1 heterocycles. The molecule has 4 rings (SSSR count). The van der Waals surface area contributed by atoms with Crippen molar-refractivity contribution < 1.29 is 19.4 Å². The van der Waals surface area contributed by atoms with Gasteiger partial charge >= 0.3 is 5.97 Å². The molecule has 1 aliphatic rings. The van der Waals surface area contributed by atoms with E-state index in [-0.39, 0.29) is 17.3 Å². The van der Waals surface area contributed by atoms with Crippen molar-refractivity contribution in [2.24, 2.45) is 5.92 Å². The number of Topliss-reactive ketones (excluding diaryl/α,β-unsaturated/α-hetero) is 1. The molecular formula is C25H21NO4. The van der Waals surface area contributed by atoms with E-state index in [0.29, 0.717) is 33.9 Å². The summed E-state index contributed by atoms with van der Waals surface area (Å²) in [5, 5.41) is 11.5. The smallest absolute Gasteiger partial charge is 0.336 e. The summed E-state index contributed by atoms with van der Waals surface area (Å²) in [6.07, 6.45) is 0. The molecule has 0 saturated carbocycles. The topological polar surface area (TPSA) is 89.6 Å². The molecule has 1 aliphatic heterocycles. The number of anilines is 1. The number of aromatic carboxylic acids is 1. The Bertz CT molecular complexity index is 1320. The van der Waals surface area contributed by atoms with Crippen LogP contribution in [-0.4, -0.2) is 16.9 Å². The SMILES string of the molecule is C=c1ccc2c(c1)Oc1cc(N)ccc1C=2c1ccc(C(=O)C(C)C)cc1C(=O)O. The number of nitrogens with two attached hydrogens (primary N) is 1. The number of nitrogen functional groups attached to an aromatic ring is 1. The van der Waals surface area contributed by atoms with Crippen molar-refractivity contribution in [3.63, 3.8) is 0 Å². The number of hydrogen-bond acceptors (Lipinski definition) is 4. The van der Waals surface area contributed by atoms with Crippen molar-refractivity contribution in [1.29, 1.82) is 0 Å². The Kier molecular flexibility index (Phi) is 4.66. The molecule has 0 saturated heterocycles. The van der Waals surface area contributed by atoms with Gasteiger partial charge in [-0.05, 0) is 35.0 Å². The van der Waals surface area contributed by atoms with E-state index in [0.717, 1.165) is 16.0 Å². The molecule has 0 bridgehead atoms. The lowest BCUT2D eigenvalue weighted by atomic mass is 9.87. The monoisotopic (exact) mass is 399 g/mol. The largest absolute Gasteiger partial charge is 0.478 e. The van der Waals surface area contributed by atoms with E-state index in [1.807, 2.05) is 18.2 Å². The molecule has 0 radical (unpaired) electrons. The molecular weight excluding hydrogens is 378 g/mol. The average Bonchev–Trinajstić information content (AvgIpc) is 2.70. The van der Waals surface area contributed by atoms with Crippen LogP contribution in [0, 0.1) is 5.92 Å². The van der Waals surface area contributed by atoms with Crippen molar-refractivity contribution >= 4 is 29.6 Å². The third-order valence-corrected chi connectivity index (χ3v) is 5.14. The maximum Gasteiger partial charge on any atom is 0.336 e. The Morgan fingerprint density at radius 1 is 0.967 bits per heavy atom.